The number of hydrogen-bond acceptors (Lipinski definition) is 5. The summed E-state index contributed by atoms with van der Waals surface area (Å²) in [5, 5.41) is 8.31. The average Bonchev–Trinajstić information content (AvgIpc) is 2.95. The number of carbonyl (C=O) groups is 2. The number of hydrogen-bond donors (Lipinski definition) is 2. The van der Waals surface area contributed by atoms with Crippen molar-refractivity contribution in [2.24, 2.45) is 11.8 Å². The van der Waals surface area contributed by atoms with E-state index >= 15 is 0 Å². The van der Waals surface area contributed by atoms with E-state index in [2.05, 4.69) is 27.4 Å². The summed E-state index contributed by atoms with van der Waals surface area (Å²) >= 11 is 1.47. The van der Waals surface area contributed by atoms with Gasteiger partial charge in [0.25, 0.3) is 0 Å². The molecular weight excluding hydrogens is 312 g/mol. The number of nitrogens with one attached hydrogen (secondary N) is 2. The molecule has 2 aliphatic rings. The Balaban J connectivity index is 1.50. The average molecular weight is 336 g/mol. The maximum atomic E-state index is 12.2. The van der Waals surface area contributed by atoms with Gasteiger partial charge in [-0.05, 0) is 31.7 Å². The van der Waals surface area contributed by atoms with E-state index in [9.17, 15) is 9.59 Å². The molecule has 7 heteroatoms. The van der Waals surface area contributed by atoms with Crippen molar-refractivity contribution in [1.29, 1.82) is 0 Å². The van der Waals surface area contributed by atoms with Crippen LogP contribution in [-0.4, -0.2) is 41.3 Å². The van der Waals surface area contributed by atoms with Gasteiger partial charge in [0.2, 0.25) is 11.8 Å². The van der Waals surface area contributed by atoms with E-state index in [0.29, 0.717) is 24.5 Å². The van der Waals surface area contributed by atoms with Gasteiger partial charge in [-0.1, -0.05) is 6.92 Å². The summed E-state index contributed by atoms with van der Waals surface area (Å²) in [4.78, 5) is 30.3. The molecular formula is C16H24N4O2S. The normalized spacial score (nSPS) is 25.9. The molecule has 3 heterocycles. The molecule has 0 radical (unpaired) electrons. The predicted octanol–water partition coefficient (Wildman–Crippen LogP) is 1.84. The maximum absolute atomic E-state index is 12.2. The molecule has 0 spiro atoms. The monoisotopic (exact) mass is 336 g/mol. The van der Waals surface area contributed by atoms with Crippen LogP contribution < -0.4 is 10.6 Å². The van der Waals surface area contributed by atoms with Crippen LogP contribution in [0, 0.1) is 11.8 Å². The van der Waals surface area contributed by atoms with E-state index in [4.69, 9.17) is 0 Å². The van der Waals surface area contributed by atoms with E-state index in [1.165, 1.54) is 24.2 Å². The fraction of sp³-hybridized carbons (Fsp3) is 0.688. The SMILES string of the molecule is C[C@H]1CCCN(Cc2csc(NC(=O)[C@@H]3CCC(=O)NC3)n2)C1. The Morgan fingerprint density at radius 2 is 2.39 bits per heavy atom. The first-order chi connectivity index (χ1) is 11.1. The first-order valence-electron chi connectivity index (χ1n) is 8.34. The summed E-state index contributed by atoms with van der Waals surface area (Å²) in [6, 6.07) is 0. The van der Waals surface area contributed by atoms with Gasteiger partial charge in [0.15, 0.2) is 5.13 Å². The third-order valence-electron chi connectivity index (χ3n) is 4.54. The van der Waals surface area contributed by atoms with E-state index in [0.717, 1.165) is 31.2 Å². The van der Waals surface area contributed by atoms with Crippen LogP contribution in [0.15, 0.2) is 5.38 Å². The third-order valence-corrected chi connectivity index (χ3v) is 5.35. The Hall–Kier alpha value is -1.47. The zero-order chi connectivity index (χ0) is 16.2. The lowest BCUT2D eigenvalue weighted by Gasteiger charge is -2.30. The van der Waals surface area contributed by atoms with Gasteiger partial charge in [-0.15, -0.1) is 11.3 Å². The second kappa shape index (κ2) is 7.40. The summed E-state index contributed by atoms with van der Waals surface area (Å²) in [6.07, 6.45) is 3.60. The van der Waals surface area contributed by atoms with Gasteiger partial charge in [-0.25, -0.2) is 4.98 Å². The summed E-state index contributed by atoms with van der Waals surface area (Å²) in [6.45, 7) is 5.83. The number of nitrogens with zero attached hydrogens (tertiary/aromatic N) is 2. The van der Waals surface area contributed by atoms with Gasteiger partial charge in [0, 0.05) is 31.4 Å². The van der Waals surface area contributed by atoms with Crippen molar-refractivity contribution in [3.05, 3.63) is 11.1 Å². The molecule has 0 aromatic carbocycles. The van der Waals surface area contributed by atoms with E-state index in [1.54, 1.807) is 0 Å². The van der Waals surface area contributed by atoms with Crippen LogP contribution in [0.5, 0.6) is 0 Å². The molecule has 2 fully saturated rings. The number of aromatic nitrogens is 1. The predicted molar refractivity (Wildman–Crippen MR) is 90.2 cm³/mol. The molecule has 126 valence electrons. The van der Waals surface area contributed by atoms with Gasteiger partial charge >= 0.3 is 0 Å². The molecule has 0 unspecified atom stereocenters. The molecule has 3 rings (SSSR count). The van der Waals surface area contributed by atoms with Crippen LogP contribution in [0.3, 0.4) is 0 Å². The Labute approximate surface area is 140 Å². The quantitative estimate of drug-likeness (QED) is 0.880. The molecule has 2 aliphatic heterocycles. The minimum atomic E-state index is -0.150. The van der Waals surface area contributed by atoms with Crippen molar-refractivity contribution in [3.8, 4) is 0 Å². The van der Waals surface area contributed by atoms with Crippen molar-refractivity contribution >= 4 is 28.3 Å². The molecule has 2 amide bonds. The Kier molecular flexibility index (Phi) is 5.27. The topological polar surface area (TPSA) is 74.3 Å². The van der Waals surface area contributed by atoms with Crippen molar-refractivity contribution < 1.29 is 9.59 Å². The minimum Gasteiger partial charge on any atom is -0.355 e. The highest BCUT2D eigenvalue weighted by atomic mass is 32.1. The Morgan fingerprint density at radius 3 is 3.13 bits per heavy atom. The fourth-order valence-corrected chi connectivity index (χ4v) is 3.96. The number of piperidine rings is 2. The molecule has 6 nitrogen and oxygen atoms in total. The molecule has 0 aliphatic carbocycles. The second-order valence-electron chi connectivity index (χ2n) is 6.66. The van der Waals surface area contributed by atoms with E-state index in [1.807, 2.05) is 5.38 Å². The summed E-state index contributed by atoms with van der Waals surface area (Å²) in [5.74, 6) is 0.588. The molecule has 2 N–H and O–H groups in total. The highest BCUT2D eigenvalue weighted by Crippen LogP contribution is 2.22. The zero-order valence-electron chi connectivity index (χ0n) is 13.5. The van der Waals surface area contributed by atoms with Gasteiger partial charge in [-0.2, -0.15) is 0 Å². The van der Waals surface area contributed by atoms with E-state index < -0.39 is 0 Å². The highest BCUT2D eigenvalue weighted by Gasteiger charge is 2.25. The van der Waals surface area contributed by atoms with Crippen molar-refractivity contribution in [3.63, 3.8) is 0 Å². The molecule has 1 aromatic rings. The third kappa shape index (κ3) is 4.51. The first-order valence-corrected chi connectivity index (χ1v) is 9.22. The van der Waals surface area contributed by atoms with Crippen LogP contribution in [0.1, 0.15) is 38.3 Å². The second-order valence-corrected chi connectivity index (χ2v) is 7.51. The van der Waals surface area contributed by atoms with Gasteiger partial charge < -0.3 is 10.6 Å². The number of likely N-dealkylation sites (tertiary alicyclic amines) is 1. The summed E-state index contributed by atoms with van der Waals surface area (Å²) in [7, 11) is 0. The first kappa shape index (κ1) is 16.4. The molecule has 23 heavy (non-hydrogen) atoms. The summed E-state index contributed by atoms with van der Waals surface area (Å²) < 4.78 is 0. The molecule has 2 saturated heterocycles. The smallest absolute Gasteiger partial charge is 0.231 e. The minimum absolute atomic E-state index is 0.0290. The highest BCUT2D eigenvalue weighted by molar-refractivity contribution is 7.13. The van der Waals surface area contributed by atoms with Gasteiger partial charge in [0.05, 0.1) is 11.6 Å². The van der Waals surface area contributed by atoms with Crippen molar-refractivity contribution in [2.45, 2.75) is 39.2 Å². The zero-order valence-corrected chi connectivity index (χ0v) is 14.3. The molecule has 2 atom stereocenters. The standard InChI is InChI=1S/C16H24N4O2S/c1-11-3-2-6-20(8-11)9-13-10-23-16(18-13)19-15(22)12-4-5-14(21)17-7-12/h10-12H,2-9H2,1H3,(H,17,21)(H,18,19,22)/t11-,12+/m0/s1. The number of amides is 2. The maximum Gasteiger partial charge on any atom is 0.231 e. The largest absolute Gasteiger partial charge is 0.355 e. The molecule has 0 bridgehead atoms. The number of thiazole rings is 1. The number of carbonyl (C=O) groups excluding carboxylic acids is 2. The van der Waals surface area contributed by atoms with Crippen molar-refractivity contribution in [2.75, 3.05) is 25.0 Å². The lowest BCUT2D eigenvalue weighted by atomic mass is 9.98. The van der Waals surface area contributed by atoms with E-state index in [-0.39, 0.29) is 17.7 Å². The Morgan fingerprint density at radius 1 is 1.52 bits per heavy atom. The lowest BCUT2D eigenvalue weighted by Crippen LogP contribution is -2.40. The van der Waals surface area contributed by atoms with Crippen LogP contribution in [-0.2, 0) is 16.1 Å². The van der Waals surface area contributed by atoms with Crippen LogP contribution in [0.4, 0.5) is 5.13 Å². The number of anilines is 1. The fourth-order valence-electron chi connectivity index (χ4n) is 3.26. The molecule has 1 aromatic heterocycles. The van der Waals surface area contributed by atoms with Crippen molar-refractivity contribution in [1.82, 2.24) is 15.2 Å². The Bertz CT molecular complexity index is 564. The molecule has 0 saturated carbocycles. The van der Waals surface area contributed by atoms with Crippen LogP contribution >= 0.6 is 11.3 Å². The van der Waals surface area contributed by atoms with Crippen LogP contribution in [0.2, 0.25) is 0 Å². The van der Waals surface area contributed by atoms with Gasteiger partial charge in [-0.3, -0.25) is 14.5 Å². The summed E-state index contributed by atoms with van der Waals surface area (Å²) in [5.41, 5.74) is 1.02. The van der Waals surface area contributed by atoms with Crippen LogP contribution in [0.25, 0.3) is 0 Å². The van der Waals surface area contributed by atoms with Gasteiger partial charge in [0.1, 0.15) is 0 Å². The lowest BCUT2D eigenvalue weighted by molar-refractivity contribution is -0.126. The number of rotatable bonds is 4.